The third-order valence-corrected chi connectivity index (χ3v) is 2.39. The van der Waals surface area contributed by atoms with Gasteiger partial charge < -0.3 is 5.11 Å². The molecule has 0 radical (unpaired) electrons. The van der Waals surface area contributed by atoms with E-state index in [0.29, 0.717) is 6.54 Å². The minimum absolute atomic E-state index is 0.126. The lowest BCUT2D eigenvalue weighted by Crippen LogP contribution is -2.26. The van der Waals surface area contributed by atoms with Crippen LogP contribution in [0.1, 0.15) is 6.92 Å². The quantitative estimate of drug-likeness (QED) is 0.760. The van der Waals surface area contributed by atoms with Crippen molar-refractivity contribution in [3.63, 3.8) is 0 Å². The first-order chi connectivity index (χ1) is 7.11. The maximum atomic E-state index is 11.8. The van der Waals surface area contributed by atoms with Crippen LogP contribution in [0.15, 0.2) is 23.3 Å². The third kappa shape index (κ3) is 1.55. The fraction of sp³-hybridized carbons (Fsp3) is 0.400. The van der Waals surface area contributed by atoms with E-state index in [4.69, 9.17) is 0 Å². The number of hydrogen-bond acceptors (Lipinski definition) is 3. The van der Waals surface area contributed by atoms with Crippen LogP contribution in [0.4, 0.5) is 0 Å². The van der Waals surface area contributed by atoms with E-state index in [2.05, 4.69) is 4.98 Å². The van der Waals surface area contributed by atoms with Gasteiger partial charge in [0.2, 0.25) is 0 Å². The van der Waals surface area contributed by atoms with Crippen molar-refractivity contribution in [1.82, 2.24) is 14.1 Å². The van der Waals surface area contributed by atoms with Gasteiger partial charge in [-0.3, -0.25) is 14.1 Å². The van der Waals surface area contributed by atoms with Gasteiger partial charge in [-0.15, -0.1) is 0 Å². The Morgan fingerprint density at radius 1 is 1.53 bits per heavy atom. The van der Waals surface area contributed by atoms with E-state index < -0.39 is 6.10 Å². The van der Waals surface area contributed by atoms with Gasteiger partial charge in [-0.1, -0.05) is 0 Å². The Hall–Kier alpha value is -1.62. The van der Waals surface area contributed by atoms with E-state index >= 15 is 0 Å². The molecule has 0 bridgehead atoms. The molecule has 1 N–H and O–H groups in total. The molecule has 0 saturated heterocycles. The molecule has 0 aliphatic carbocycles. The van der Waals surface area contributed by atoms with Crippen molar-refractivity contribution in [3.8, 4) is 0 Å². The van der Waals surface area contributed by atoms with E-state index in [9.17, 15) is 9.90 Å². The molecule has 1 unspecified atom stereocenters. The molecule has 0 aromatic carbocycles. The van der Waals surface area contributed by atoms with Crippen molar-refractivity contribution in [2.75, 3.05) is 0 Å². The summed E-state index contributed by atoms with van der Waals surface area (Å²) in [4.78, 5) is 15.8. The lowest BCUT2D eigenvalue weighted by atomic mass is 10.3. The SMILES string of the molecule is CC(O)Cn1c(=O)n(C)c2cnccc21. The first kappa shape index (κ1) is 9.92. The second kappa shape index (κ2) is 3.51. The first-order valence-electron chi connectivity index (χ1n) is 4.78. The number of pyridine rings is 1. The summed E-state index contributed by atoms with van der Waals surface area (Å²) in [6.07, 6.45) is 2.75. The molecule has 0 saturated carbocycles. The van der Waals surface area contributed by atoms with E-state index in [1.165, 1.54) is 4.57 Å². The molecule has 0 aliphatic rings. The zero-order valence-corrected chi connectivity index (χ0v) is 8.71. The summed E-state index contributed by atoms with van der Waals surface area (Å²) in [5, 5.41) is 9.31. The number of aliphatic hydroxyl groups is 1. The van der Waals surface area contributed by atoms with Crippen LogP contribution in [-0.4, -0.2) is 25.3 Å². The minimum Gasteiger partial charge on any atom is -0.392 e. The minimum atomic E-state index is -0.540. The van der Waals surface area contributed by atoms with Gasteiger partial charge in [0.05, 0.1) is 29.9 Å². The van der Waals surface area contributed by atoms with Gasteiger partial charge in [0.25, 0.3) is 0 Å². The molecule has 2 rings (SSSR count). The number of fused-ring (bicyclic) bond motifs is 1. The van der Waals surface area contributed by atoms with Gasteiger partial charge in [0.15, 0.2) is 0 Å². The van der Waals surface area contributed by atoms with Crippen molar-refractivity contribution in [3.05, 3.63) is 28.9 Å². The summed E-state index contributed by atoms with van der Waals surface area (Å²) in [5.41, 5.74) is 1.46. The number of imidazole rings is 1. The number of aryl methyl sites for hydroxylation is 1. The first-order valence-corrected chi connectivity index (χ1v) is 4.78. The molecule has 15 heavy (non-hydrogen) atoms. The predicted molar refractivity (Wildman–Crippen MR) is 56.7 cm³/mol. The fourth-order valence-corrected chi connectivity index (χ4v) is 1.69. The zero-order chi connectivity index (χ0) is 11.0. The van der Waals surface area contributed by atoms with Crippen LogP contribution in [0.3, 0.4) is 0 Å². The Kier molecular flexibility index (Phi) is 2.32. The van der Waals surface area contributed by atoms with Crippen molar-refractivity contribution in [1.29, 1.82) is 0 Å². The Morgan fingerprint density at radius 2 is 2.27 bits per heavy atom. The highest BCUT2D eigenvalue weighted by Gasteiger charge is 2.11. The number of aromatic nitrogens is 3. The lowest BCUT2D eigenvalue weighted by molar-refractivity contribution is 0.173. The summed E-state index contributed by atoms with van der Waals surface area (Å²) in [6.45, 7) is 1.96. The largest absolute Gasteiger partial charge is 0.392 e. The number of aliphatic hydroxyl groups excluding tert-OH is 1. The second-order valence-electron chi connectivity index (χ2n) is 3.67. The van der Waals surface area contributed by atoms with E-state index in [1.807, 2.05) is 0 Å². The topological polar surface area (TPSA) is 60.1 Å². The molecule has 80 valence electrons. The second-order valence-corrected chi connectivity index (χ2v) is 3.67. The van der Waals surface area contributed by atoms with Gasteiger partial charge >= 0.3 is 5.69 Å². The molecular formula is C10H13N3O2. The molecule has 0 spiro atoms. The Morgan fingerprint density at radius 3 is 2.93 bits per heavy atom. The van der Waals surface area contributed by atoms with E-state index in [-0.39, 0.29) is 5.69 Å². The third-order valence-electron chi connectivity index (χ3n) is 2.39. The Balaban J connectivity index is 2.72. The molecule has 0 aliphatic heterocycles. The molecule has 5 nitrogen and oxygen atoms in total. The summed E-state index contributed by atoms with van der Waals surface area (Å²) < 4.78 is 3.09. The Labute approximate surface area is 86.6 Å². The van der Waals surface area contributed by atoms with Crippen LogP contribution in [0.5, 0.6) is 0 Å². The maximum Gasteiger partial charge on any atom is 0.328 e. The molecule has 2 heterocycles. The van der Waals surface area contributed by atoms with Crippen LogP contribution >= 0.6 is 0 Å². The molecule has 0 amide bonds. The van der Waals surface area contributed by atoms with Crippen LogP contribution in [-0.2, 0) is 13.6 Å². The van der Waals surface area contributed by atoms with Crippen LogP contribution in [0.2, 0.25) is 0 Å². The van der Waals surface area contributed by atoms with Crippen molar-refractivity contribution >= 4 is 11.0 Å². The lowest BCUT2D eigenvalue weighted by Gasteiger charge is -2.04. The smallest absolute Gasteiger partial charge is 0.328 e. The summed E-state index contributed by atoms with van der Waals surface area (Å²) >= 11 is 0. The highest BCUT2D eigenvalue weighted by atomic mass is 16.3. The molecule has 0 fully saturated rings. The summed E-state index contributed by atoms with van der Waals surface area (Å²) in [5.74, 6) is 0. The van der Waals surface area contributed by atoms with Crippen LogP contribution in [0, 0.1) is 0 Å². The van der Waals surface area contributed by atoms with Crippen molar-refractivity contribution < 1.29 is 5.11 Å². The highest BCUT2D eigenvalue weighted by molar-refractivity contribution is 5.74. The predicted octanol–water partition coefficient (Wildman–Crippen LogP) is 0.116. The summed E-state index contributed by atoms with van der Waals surface area (Å²) in [6, 6.07) is 1.78. The standard InChI is InChI=1S/C10H13N3O2/c1-7(14)6-13-8-3-4-11-5-9(8)12(2)10(13)15/h3-5,7,14H,6H2,1-2H3. The van der Waals surface area contributed by atoms with Gasteiger partial charge in [-0.2, -0.15) is 0 Å². The molecule has 1 atom stereocenters. The fourth-order valence-electron chi connectivity index (χ4n) is 1.69. The van der Waals surface area contributed by atoms with Crippen molar-refractivity contribution in [2.45, 2.75) is 19.6 Å². The highest BCUT2D eigenvalue weighted by Crippen LogP contribution is 2.09. The zero-order valence-electron chi connectivity index (χ0n) is 8.71. The molecular weight excluding hydrogens is 194 g/mol. The number of hydrogen-bond donors (Lipinski definition) is 1. The van der Waals surface area contributed by atoms with Gasteiger partial charge in [-0.25, -0.2) is 4.79 Å². The average molecular weight is 207 g/mol. The van der Waals surface area contributed by atoms with E-state index in [1.54, 1.807) is 37.0 Å². The molecule has 2 aromatic rings. The Bertz CT molecular complexity index is 539. The maximum absolute atomic E-state index is 11.8. The summed E-state index contributed by atoms with van der Waals surface area (Å²) in [7, 11) is 1.70. The van der Waals surface area contributed by atoms with Gasteiger partial charge in [0.1, 0.15) is 0 Å². The monoisotopic (exact) mass is 207 g/mol. The van der Waals surface area contributed by atoms with E-state index in [0.717, 1.165) is 11.0 Å². The van der Waals surface area contributed by atoms with Crippen LogP contribution < -0.4 is 5.69 Å². The number of nitrogens with zero attached hydrogens (tertiary/aromatic N) is 3. The van der Waals surface area contributed by atoms with Gasteiger partial charge in [-0.05, 0) is 13.0 Å². The average Bonchev–Trinajstić information content (AvgIpc) is 2.44. The molecule has 2 aromatic heterocycles. The normalized spacial score (nSPS) is 13.3. The molecule has 5 heteroatoms. The number of rotatable bonds is 2. The van der Waals surface area contributed by atoms with Crippen molar-refractivity contribution in [2.24, 2.45) is 7.05 Å². The van der Waals surface area contributed by atoms with Gasteiger partial charge in [0, 0.05) is 13.2 Å². The van der Waals surface area contributed by atoms with Crippen LogP contribution in [0.25, 0.3) is 11.0 Å².